The van der Waals surface area contributed by atoms with E-state index in [1.54, 1.807) is 0 Å². The van der Waals surface area contributed by atoms with Gasteiger partial charge >= 0.3 is 0 Å². The SMILES string of the molecule is COCCS(=O)(=O)N1CCCC(C(=O)NCc2ccc3c(c2)OCO3)C1. The van der Waals surface area contributed by atoms with E-state index in [4.69, 9.17) is 14.2 Å². The summed E-state index contributed by atoms with van der Waals surface area (Å²) in [5.41, 5.74) is 0.906. The first-order valence-corrected chi connectivity index (χ1v) is 10.2. The number of hydrogen-bond acceptors (Lipinski definition) is 6. The lowest BCUT2D eigenvalue weighted by Crippen LogP contribution is -2.46. The minimum atomic E-state index is -3.39. The highest BCUT2D eigenvalue weighted by Crippen LogP contribution is 2.32. The van der Waals surface area contributed by atoms with Crippen LogP contribution in [0.1, 0.15) is 18.4 Å². The summed E-state index contributed by atoms with van der Waals surface area (Å²) in [5, 5.41) is 2.89. The van der Waals surface area contributed by atoms with Crippen LogP contribution in [0.2, 0.25) is 0 Å². The number of piperidine rings is 1. The van der Waals surface area contributed by atoms with Gasteiger partial charge in [-0.25, -0.2) is 12.7 Å². The monoisotopic (exact) mass is 384 g/mol. The molecule has 0 radical (unpaired) electrons. The van der Waals surface area contributed by atoms with Gasteiger partial charge in [0.25, 0.3) is 0 Å². The Labute approximate surface area is 153 Å². The highest BCUT2D eigenvalue weighted by molar-refractivity contribution is 7.89. The van der Waals surface area contributed by atoms with Gasteiger partial charge in [0.2, 0.25) is 22.7 Å². The number of carbonyl (C=O) groups excluding carboxylic acids is 1. The molecular weight excluding hydrogens is 360 g/mol. The maximum absolute atomic E-state index is 12.5. The molecule has 0 bridgehead atoms. The summed E-state index contributed by atoms with van der Waals surface area (Å²) in [6.45, 7) is 1.40. The van der Waals surface area contributed by atoms with Gasteiger partial charge in [-0.1, -0.05) is 6.07 Å². The second kappa shape index (κ2) is 8.24. The van der Waals surface area contributed by atoms with Gasteiger partial charge in [0, 0.05) is 26.7 Å². The summed E-state index contributed by atoms with van der Waals surface area (Å²) < 4.78 is 41.4. The Hall–Kier alpha value is -1.84. The Morgan fingerprint density at radius 1 is 1.35 bits per heavy atom. The molecule has 0 aliphatic carbocycles. The number of sulfonamides is 1. The van der Waals surface area contributed by atoms with Gasteiger partial charge in [-0.05, 0) is 30.5 Å². The van der Waals surface area contributed by atoms with E-state index in [1.807, 2.05) is 18.2 Å². The summed E-state index contributed by atoms with van der Waals surface area (Å²) in [4.78, 5) is 12.5. The van der Waals surface area contributed by atoms with Crippen molar-refractivity contribution in [1.82, 2.24) is 9.62 Å². The maximum Gasteiger partial charge on any atom is 0.231 e. The smallest absolute Gasteiger partial charge is 0.231 e. The Balaban J connectivity index is 1.54. The number of nitrogens with zero attached hydrogens (tertiary/aromatic N) is 1. The van der Waals surface area contributed by atoms with Crippen molar-refractivity contribution in [2.45, 2.75) is 19.4 Å². The van der Waals surface area contributed by atoms with E-state index in [-0.39, 0.29) is 37.5 Å². The Kier molecular flexibility index (Phi) is 6.00. The number of methoxy groups -OCH3 is 1. The molecule has 3 rings (SSSR count). The van der Waals surface area contributed by atoms with Crippen molar-refractivity contribution in [3.63, 3.8) is 0 Å². The van der Waals surface area contributed by atoms with E-state index < -0.39 is 10.0 Å². The van der Waals surface area contributed by atoms with Crippen molar-refractivity contribution in [2.24, 2.45) is 5.92 Å². The van der Waals surface area contributed by atoms with Crippen LogP contribution in [-0.4, -0.2) is 58.0 Å². The first-order chi connectivity index (χ1) is 12.5. The van der Waals surface area contributed by atoms with E-state index in [0.717, 1.165) is 5.56 Å². The predicted molar refractivity (Wildman–Crippen MR) is 94.4 cm³/mol. The third-order valence-electron chi connectivity index (χ3n) is 4.60. The van der Waals surface area contributed by atoms with Crippen LogP contribution in [0.25, 0.3) is 0 Å². The third-order valence-corrected chi connectivity index (χ3v) is 6.40. The zero-order valence-electron chi connectivity index (χ0n) is 14.8. The number of ether oxygens (including phenoxy) is 3. The molecule has 1 fully saturated rings. The van der Waals surface area contributed by atoms with Crippen molar-refractivity contribution >= 4 is 15.9 Å². The van der Waals surface area contributed by atoms with Crippen molar-refractivity contribution in [3.8, 4) is 11.5 Å². The molecule has 1 aromatic carbocycles. The summed E-state index contributed by atoms with van der Waals surface area (Å²) in [5.74, 6) is 0.841. The number of benzene rings is 1. The van der Waals surface area contributed by atoms with Crippen LogP contribution in [0, 0.1) is 5.92 Å². The summed E-state index contributed by atoms with van der Waals surface area (Å²) in [7, 11) is -1.92. The molecule has 1 saturated heterocycles. The van der Waals surface area contributed by atoms with E-state index in [0.29, 0.717) is 37.4 Å². The molecule has 26 heavy (non-hydrogen) atoms. The Bertz CT molecular complexity index is 752. The average molecular weight is 384 g/mol. The molecule has 2 aliphatic heterocycles. The molecule has 2 heterocycles. The molecule has 1 amide bonds. The van der Waals surface area contributed by atoms with Gasteiger partial charge in [0.05, 0.1) is 18.3 Å². The number of fused-ring (bicyclic) bond motifs is 1. The van der Waals surface area contributed by atoms with Gasteiger partial charge in [0.15, 0.2) is 11.5 Å². The van der Waals surface area contributed by atoms with Crippen molar-refractivity contribution in [2.75, 3.05) is 39.4 Å². The largest absolute Gasteiger partial charge is 0.454 e. The second-order valence-electron chi connectivity index (χ2n) is 6.41. The molecule has 1 N–H and O–H groups in total. The van der Waals surface area contributed by atoms with Crippen LogP contribution in [0.5, 0.6) is 11.5 Å². The molecular formula is C17H24N2O6S. The second-order valence-corrected chi connectivity index (χ2v) is 8.50. The average Bonchev–Trinajstić information content (AvgIpc) is 3.12. The normalized spacial score (nSPS) is 20.1. The van der Waals surface area contributed by atoms with Crippen LogP contribution in [-0.2, 0) is 26.1 Å². The molecule has 1 unspecified atom stereocenters. The van der Waals surface area contributed by atoms with Gasteiger partial charge in [0.1, 0.15) is 0 Å². The highest BCUT2D eigenvalue weighted by atomic mass is 32.2. The molecule has 2 aliphatic rings. The number of rotatable bonds is 7. The van der Waals surface area contributed by atoms with E-state index >= 15 is 0 Å². The lowest BCUT2D eigenvalue weighted by atomic mass is 9.98. The van der Waals surface area contributed by atoms with Gasteiger partial charge in [-0.15, -0.1) is 0 Å². The molecule has 9 heteroatoms. The lowest BCUT2D eigenvalue weighted by Gasteiger charge is -2.31. The molecule has 1 aromatic rings. The fourth-order valence-electron chi connectivity index (χ4n) is 3.11. The van der Waals surface area contributed by atoms with E-state index in [9.17, 15) is 13.2 Å². The first kappa shape index (κ1) is 18.9. The number of amides is 1. The molecule has 0 aromatic heterocycles. The molecule has 1 atom stereocenters. The fraction of sp³-hybridized carbons (Fsp3) is 0.588. The minimum absolute atomic E-state index is 0.0605. The minimum Gasteiger partial charge on any atom is -0.454 e. The topological polar surface area (TPSA) is 94.2 Å². The highest BCUT2D eigenvalue weighted by Gasteiger charge is 2.32. The van der Waals surface area contributed by atoms with Gasteiger partial charge < -0.3 is 19.5 Å². The van der Waals surface area contributed by atoms with Crippen molar-refractivity contribution in [3.05, 3.63) is 23.8 Å². The Morgan fingerprint density at radius 3 is 2.96 bits per heavy atom. The summed E-state index contributed by atoms with van der Waals surface area (Å²) in [6.07, 6.45) is 1.36. The van der Waals surface area contributed by atoms with Crippen molar-refractivity contribution in [1.29, 1.82) is 0 Å². The third kappa shape index (κ3) is 4.46. The van der Waals surface area contributed by atoms with Crippen LogP contribution < -0.4 is 14.8 Å². The van der Waals surface area contributed by atoms with Crippen LogP contribution in [0.15, 0.2) is 18.2 Å². The van der Waals surface area contributed by atoms with E-state index in [1.165, 1.54) is 11.4 Å². The van der Waals surface area contributed by atoms with Gasteiger partial charge in [-0.2, -0.15) is 0 Å². The quantitative estimate of drug-likeness (QED) is 0.744. The number of hydrogen-bond donors (Lipinski definition) is 1. The fourth-order valence-corrected chi connectivity index (χ4v) is 4.56. The summed E-state index contributed by atoms with van der Waals surface area (Å²) in [6, 6.07) is 5.52. The zero-order chi connectivity index (χ0) is 18.6. The molecule has 8 nitrogen and oxygen atoms in total. The van der Waals surface area contributed by atoms with Gasteiger partial charge in [-0.3, -0.25) is 4.79 Å². The lowest BCUT2D eigenvalue weighted by molar-refractivity contribution is -0.126. The molecule has 144 valence electrons. The van der Waals surface area contributed by atoms with Crippen LogP contribution >= 0.6 is 0 Å². The zero-order valence-corrected chi connectivity index (χ0v) is 15.6. The van der Waals surface area contributed by atoms with E-state index in [2.05, 4.69) is 5.32 Å². The Morgan fingerprint density at radius 2 is 2.15 bits per heavy atom. The van der Waals surface area contributed by atoms with Crippen molar-refractivity contribution < 1.29 is 27.4 Å². The maximum atomic E-state index is 12.5. The number of carbonyl (C=O) groups is 1. The molecule has 0 spiro atoms. The number of nitrogens with one attached hydrogen (secondary N) is 1. The van der Waals surface area contributed by atoms with Crippen LogP contribution in [0.3, 0.4) is 0 Å². The standard InChI is InChI=1S/C17H24N2O6S/c1-23-7-8-26(21,22)19-6-2-3-14(11-19)17(20)18-10-13-4-5-15-16(9-13)25-12-24-15/h4-5,9,14H,2-3,6-8,10-12H2,1H3,(H,18,20). The predicted octanol–water partition coefficient (Wildman–Crippen LogP) is 0.720. The summed E-state index contributed by atoms with van der Waals surface area (Å²) >= 11 is 0. The molecule has 0 saturated carbocycles. The van der Waals surface area contributed by atoms with Crippen LogP contribution in [0.4, 0.5) is 0 Å². The first-order valence-electron chi connectivity index (χ1n) is 8.62.